The molecule has 0 saturated carbocycles. The van der Waals surface area contributed by atoms with Crippen LogP contribution in [0.3, 0.4) is 0 Å². The van der Waals surface area contributed by atoms with Crippen LogP contribution in [0.15, 0.2) is 39.3 Å². The molecule has 0 spiro atoms. The minimum atomic E-state index is -1.17. The monoisotopic (exact) mass is 515 g/mol. The summed E-state index contributed by atoms with van der Waals surface area (Å²) in [6.07, 6.45) is 0.0243. The van der Waals surface area contributed by atoms with Gasteiger partial charge in [0, 0.05) is 22.7 Å². The van der Waals surface area contributed by atoms with Crippen molar-refractivity contribution in [3.8, 4) is 28.6 Å². The molecule has 0 radical (unpaired) electrons. The van der Waals surface area contributed by atoms with Crippen LogP contribution >= 0.6 is 22.7 Å². The number of nitrogens with zero attached hydrogens (tertiary/aromatic N) is 3. The van der Waals surface area contributed by atoms with Gasteiger partial charge in [0.15, 0.2) is 22.3 Å². The Balaban J connectivity index is 1.49. The Morgan fingerprint density at radius 3 is 2.91 bits per heavy atom. The highest BCUT2D eigenvalue weighted by Crippen LogP contribution is 2.38. The summed E-state index contributed by atoms with van der Waals surface area (Å²) in [5.41, 5.74) is 2.09. The lowest BCUT2D eigenvalue weighted by molar-refractivity contribution is -0.119. The van der Waals surface area contributed by atoms with Crippen molar-refractivity contribution in [2.75, 3.05) is 19.2 Å². The van der Waals surface area contributed by atoms with E-state index in [1.54, 1.807) is 29.1 Å². The number of methoxy groups -OCH3 is 1. The lowest BCUT2D eigenvalue weighted by Gasteiger charge is -2.17. The third kappa shape index (κ3) is 4.36. The first-order valence-corrected chi connectivity index (χ1v) is 11.9. The van der Waals surface area contributed by atoms with E-state index < -0.39 is 29.5 Å². The number of imidazole rings is 1. The van der Waals surface area contributed by atoms with E-state index in [9.17, 15) is 19.5 Å². The summed E-state index contributed by atoms with van der Waals surface area (Å²) in [7, 11) is 1.22. The van der Waals surface area contributed by atoms with E-state index in [0.717, 1.165) is 15.9 Å². The maximum absolute atomic E-state index is 13.3. The van der Waals surface area contributed by atoms with E-state index in [-0.39, 0.29) is 29.7 Å². The molecule has 1 aliphatic rings. The van der Waals surface area contributed by atoms with Gasteiger partial charge in [-0.15, -0.1) is 22.7 Å². The Labute approximate surface area is 204 Å². The van der Waals surface area contributed by atoms with Crippen molar-refractivity contribution in [3.63, 3.8) is 0 Å². The minimum Gasteiger partial charge on any atom is -0.493 e. The highest BCUT2D eigenvalue weighted by atomic mass is 32.1. The van der Waals surface area contributed by atoms with E-state index >= 15 is 0 Å². The number of H-pyrrole nitrogens is 1. The van der Waals surface area contributed by atoms with Gasteiger partial charge < -0.3 is 29.6 Å². The second-order valence-corrected chi connectivity index (χ2v) is 8.86. The van der Waals surface area contributed by atoms with Gasteiger partial charge in [-0.2, -0.15) is 0 Å². The number of aromatic hydroxyl groups is 1. The van der Waals surface area contributed by atoms with Gasteiger partial charge >= 0.3 is 11.7 Å². The second-order valence-electron chi connectivity index (χ2n) is 7.29. The zero-order valence-corrected chi connectivity index (χ0v) is 19.6. The number of rotatable bonds is 7. The van der Waals surface area contributed by atoms with Gasteiger partial charge in [0.25, 0.3) is 0 Å². The summed E-state index contributed by atoms with van der Waals surface area (Å²) >= 11 is 2.36. The van der Waals surface area contributed by atoms with Crippen LogP contribution in [0, 0.1) is 0 Å². The molecule has 35 heavy (non-hydrogen) atoms. The Morgan fingerprint density at radius 2 is 2.14 bits per heavy atom. The predicted octanol–water partition coefficient (Wildman–Crippen LogP) is 2.40. The summed E-state index contributed by atoms with van der Waals surface area (Å²) in [6.45, 7) is 0.0760. The number of aromatic amines is 1. The van der Waals surface area contributed by atoms with Crippen LogP contribution in [-0.2, 0) is 16.0 Å². The van der Waals surface area contributed by atoms with Crippen molar-refractivity contribution < 1.29 is 28.9 Å². The van der Waals surface area contributed by atoms with Crippen LogP contribution in [0.2, 0.25) is 0 Å². The molecule has 3 N–H and O–H groups in total. The lowest BCUT2D eigenvalue weighted by Crippen LogP contribution is -2.33. The van der Waals surface area contributed by atoms with Crippen molar-refractivity contribution in [2.24, 2.45) is 0 Å². The zero-order valence-electron chi connectivity index (χ0n) is 18.0. The number of fused-ring (bicyclic) bond motifs is 1. The first-order chi connectivity index (χ1) is 16.9. The number of nitrogens with one attached hydrogen (secondary N) is 2. The number of anilines is 1. The number of carbonyl (C=O) groups excluding carboxylic acids is 2. The Kier molecular flexibility index (Phi) is 5.96. The molecule has 1 aromatic carbocycles. The fraction of sp³-hybridized carbons (Fsp3) is 0.190. The number of hydrogen-bond donors (Lipinski definition) is 3. The zero-order chi connectivity index (χ0) is 24.5. The molecule has 4 aromatic rings. The van der Waals surface area contributed by atoms with Gasteiger partial charge in [-0.3, -0.25) is 4.79 Å². The summed E-state index contributed by atoms with van der Waals surface area (Å²) in [5, 5.41) is 16.9. The third-order valence-electron chi connectivity index (χ3n) is 5.19. The molecule has 0 saturated heterocycles. The molecule has 0 unspecified atom stereocenters. The average Bonchev–Trinajstić information content (AvgIpc) is 3.65. The fourth-order valence-corrected chi connectivity index (χ4v) is 4.79. The van der Waals surface area contributed by atoms with Crippen molar-refractivity contribution >= 4 is 39.7 Å². The van der Waals surface area contributed by atoms with Crippen molar-refractivity contribution in [1.29, 1.82) is 0 Å². The number of hydrogen-bond acceptors (Lipinski definition) is 11. The molecular formula is C21H17N5O7S2. The fourth-order valence-electron chi connectivity index (χ4n) is 3.54. The number of esters is 1. The normalized spacial score (nSPS) is 12.9. The van der Waals surface area contributed by atoms with Crippen LogP contribution in [0.4, 0.5) is 5.13 Å². The van der Waals surface area contributed by atoms with Gasteiger partial charge in [-0.05, 0) is 18.2 Å². The highest BCUT2D eigenvalue weighted by molar-refractivity contribution is 7.14. The quantitative estimate of drug-likeness (QED) is 0.314. The third-order valence-corrected chi connectivity index (χ3v) is 6.59. The summed E-state index contributed by atoms with van der Waals surface area (Å²) < 4.78 is 16.3. The van der Waals surface area contributed by atoms with Crippen LogP contribution in [0.1, 0.15) is 22.2 Å². The Morgan fingerprint density at radius 1 is 1.31 bits per heavy atom. The van der Waals surface area contributed by atoms with Crippen molar-refractivity contribution in [2.45, 2.75) is 12.5 Å². The molecule has 14 heteroatoms. The average molecular weight is 516 g/mol. The number of thiazole rings is 2. The number of ether oxygens (including phenoxy) is 3. The SMILES string of the molecule is COC(=O)c1csc(NC(=O)[C@H](Cc2cscn2)n2c(O)c(-c3ccc4c(c3)OCO4)[nH]c2=O)n1. The molecular weight excluding hydrogens is 498 g/mol. The standard InChI is InChI=1S/C21H17N5O7S2/c1-31-19(29)12-7-35-20(23-12)25-17(27)13(5-11-6-34-8-22-11)26-18(28)16(24-21(26)30)10-2-3-14-15(4-10)33-9-32-14/h2-4,6-8,13,28H,5,9H2,1H3,(H,24,30)(H,23,25,27)/t13-/m0/s1. The van der Waals surface area contributed by atoms with Crippen LogP contribution < -0.4 is 20.5 Å². The first kappa shape index (κ1) is 22.6. The number of carbonyl (C=O) groups is 2. The second kappa shape index (κ2) is 9.23. The molecule has 3 aromatic heterocycles. The molecule has 0 fully saturated rings. The Hall–Kier alpha value is -4.17. The molecule has 5 rings (SSSR count). The van der Waals surface area contributed by atoms with Crippen molar-refractivity contribution in [3.05, 3.63) is 56.3 Å². The van der Waals surface area contributed by atoms with Gasteiger partial charge in [0.2, 0.25) is 18.6 Å². The van der Waals surface area contributed by atoms with Crippen molar-refractivity contribution in [1.82, 2.24) is 19.5 Å². The number of benzene rings is 1. The summed E-state index contributed by atoms with van der Waals surface area (Å²) in [6, 6.07) is 3.77. The minimum absolute atomic E-state index is 0.0243. The van der Waals surface area contributed by atoms with Gasteiger partial charge in [0.05, 0.1) is 18.3 Å². The summed E-state index contributed by atoms with van der Waals surface area (Å²) in [4.78, 5) is 48.8. The Bertz CT molecular complexity index is 1460. The smallest absolute Gasteiger partial charge is 0.357 e. The van der Waals surface area contributed by atoms with E-state index in [2.05, 4.69) is 25.0 Å². The molecule has 0 aliphatic carbocycles. The molecule has 180 valence electrons. The van der Waals surface area contributed by atoms with E-state index in [0.29, 0.717) is 22.8 Å². The topological polar surface area (TPSA) is 158 Å². The predicted molar refractivity (Wildman–Crippen MR) is 125 cm³/mol. The van der Waals surface area contributed by atoms with Crippen LogP contribution in [-0.4, -0.2) is 50.4 Å². The molecule has 4 heterocycles. The maximum Gasteiger partial charge on any atom is 0.357 e. The van der Waals surface area contributed by atoms with Gasteiger partial charge in [0.1, 0.15) is 11.7 Å². The molecule has 1 amide bonds. The van der Waals surface area contributed by atoms with Crippen LogP contribution in [0.25, 0.3) is 11.3 Å². The highest BCUT2D eigenvalue weighted by Gasteiger charge is 2.30. The number of amides is 1. The largest absolute Gasteiger partial charge is 0.493 e. The van der Waals surface area contributed by atoms with E-state index in [1.165, 1.54) is 23.8 Å². The molecule has 1 aliphatic heterocycles. The van der Waals surface area contributed by atoms with Gasteiger partial charge in [-0.25, -0.2) is 24.1 Å². The molecule has 1 atom stereocenters. The van der Waals surface area contributed by atoms with E-state index in [4.69, 9.17) is 9.47 Å². The van der Waals surface area contributed by atoms with E-state index in [1.807, 2.05) is 0 Å². The lowest BCUT2D eigenvalue weighted by atomic mass is 10.1. The molecule has 12 nitrogen and oxygen atoms in total. The maximum atomic E-state index is 13.3. The first-order valence-electron chi connectivity index (χ1n) is 10.1. The molecule has 0 bridgehead atoms. The van der Waals surface area contributed by atoms with Crippen LogP contribution in [0.5, 0.6) is 17.4 Å². The number of aromatic nitrogens is 4. The summed E-state index contributed by atoms with van der Waals surface area (Å²) in [5.74, 6) is -0.687. The van der Waals surface area contributed by atoms with Gasteiger partial charge in [-0.1, -0.05) is 0 Å².